The Bertz CT molecular complexity index is 493. The van der Waals surface area contributed by atoms with Gasteiger partial charge in [-0.05, 0) is 31.3 Å². The Balaban J connectivity index is 2.38. The van der Waals surface area contributed by atoms with E-state index in [1.807, 2.05) is 13.0 Å². The zero-order chi connectivity index (χ0) is 16.4. The van der Waals surface area contributed by atoms with Crippen molar-refractivity contribution < 1.29 is 19.5 Å². The minimum Gasteiger partial charge on any atom is -0.481 e. The number of unbranched alkanes of at least 4 members (excludes halogenated alkanes) is 2. The number of hydrogen-bond donors (Lipinski definition) is 1. The van der Waals surface area contributed by atoms with Gasteiger partial charge in [0.05, 0.1) is 0 Å². The van der Waals surface area contributed by atoms with Gasteiger partial charge in [0.2, 0.25) is 0 Å². The van der Waals surface area contributed by atoms with E-state index in [4.69, 9.17) is 5.11 Å². The van der Waals surface area contributed by atoms with Gasteiger partial charge in [-0.15, -0.1) is 11.8 Å². The van der Waals surface area contributed by atoms with Crippen LogP contribution >= 0.6 is 0 Å². The van der Waals surface area contributed by atoms with Crippen molar-refractivity contribution in [2.45, 2.75) is 58.3 Å². The fraction of sp³-hybridized carbons (Fsp3) is 0.611. The van der Waals surface area contributed by atoms with Crippen LogP contribution in [0.15, 0.2) is 12.2 Å². The van der Waals surface area contributed by atoms with Crippen molar-refractivity contribution in [3.8, 4) is 11.8 Å². The fourth-order valence-electron chi connectivity index (χ4n) is 2.54. The summed E-state index contributed by atoms with van der Waals surface area (Å²) in [6.45, 7) is 1.82. The number of carboxylic acids is 1. The highest BCUT2D eigenvalue weighted by molar-refractivity contribution is 5.90. The highest BCUT2D eigenvalue weighted by Gasteiger charge is 2.32. The monoisotopic (exact) mass is 304 g/mol. The topological polar surface area (TPSA) is 71.4 Å². The molecular weight excluding hydrogens is 280 g/mol. The standard InChI is InChI=1S/C18H24O4/c1-2-15(19)12-10-14-11-13-17(20)16(14)8-6-4-3-5-7-9-18(21)22/h10,12,14,16H,2-3,5,7-9,11,13H2,1H3,(H,21,22). The van der Waals surface area contributed by atoms with Crippen LogP contribution in [0.25, 0.3) is 0 Å². The number of aliphatic carboxylic acids is 1. The van der Waals surface area contributed by atoms with Crippen molar-refractivity contribution in [2.75, 3.05) is 0 Å². The molecule has 1 N–H and O–H groups in total. The van der Waals surface area contributed by atoms with Crippen LogP contribution in [0.3, 0.4) is 0 Å². The molecule has 2 unspecified atom stereocenters. The molecule has 0 spiro atoms. The molecule has 0 saturated heterocycles. The van der Waals surface area contributed by atoms with Crippen LogP contribution in [0.5, 0.6) is 0 Å². The van der Waals surface area contributed by atoms with Crippen molar-refractivity contribution in [3.05, 3.63) is 12.2 Å². The second-order valence-electron chi connectivity index (χ2n) is 5.61. The third kappa shape index (κ3) is 6.71. The largest absolute Gasteiger partial charge is 0.481 e. The number of carbonyl (C=O) groups is 3. The number of rotatable bonds is 8. The number of allylic oxidation sites excluding steroid dienone is 2. The SMILES string of the molecule is CCC(=O)C=CC1CCC(=O)C1CC#CCCCCC(=O)O. The predicted octanol–water partition coefficient (Wildman–Crippen LogP) is 3.16. The lowest BCUT2D eigenvalue weighted by atomic mass is 9.91. The van der Waals surface area contributed by atoms with E-state index in [0.29, 0.717) is 32.1 Å². The molecule has 1 aliphatic rings. The van der Waals surface area contributed by atoms with Crippen molar-refractivity contribution in [1.82, 2.24) is 0 Å². The summed E-state index contributed by atoms with van der Waals surface area (Å²) in [5.41, 5.74) is 0. The quantitative estimate of drug-likeness (QED) is 0.425. The average molecular weight is 304 g/mol. The molecule has 1 fully saturated rings. The number of ketones is 2. The molecule has 0 aromatic carbocycles. The molecule has 0 aromatic heterocycles. The third-order valence-corrected chi connectivity index (χ3v) is 3.92. The summed E-state index contributed by atoms with van der Waals surface area (Å²) in [6, 6.07) is 0. The number of hydrogen-bond acceptors (Lipinski definition) is 3. The summed E-state index contributed by atoms with van der Waals surface area (Å²) in [7, 11) is 0. The first-order chi connectivity index (χ1) is 10.5. The van der Waals surface area contributed by atoms with Crippen LogP contribution < -0.4 is 0 Å². The molecule has 1 saturated carbocycles. The zero-order valence-electron chi connectivity index (χ0n) is 13.1. The Morgan fingerprint density at radius 1 is 1.32 bits per heavy atom. The van der Waals surface area contributed by atoms with E-state index in [2.05, 4.69) is 11.8 Å². The highest BCUT2D eigenvalue weighted by Crippen LogP contribution is 2.32. The van der Waals surface area contributed by atoms with Crippen LogP contribution in [0.2, 0.25) is 0 Å². The van der Waals surface area contributed by atoms with Crippen LogP contribution in [0.1, 0.15) is 58.3 Å². The van der Waals surface area contributed by atoms with Crippen LogP contribution in [0, 0.1) is 23.7 Å². The summed E-state index contributed by atoms with van der Waals surface area (Å²) in [6.07, 6.45) is 8.11. The van der Waals surface area contributed by atoms with Gasteiger partial charge in [0.25, 0.3) is 0 Å². The molecule has 0 radical (unpaired) electrons. The first-order valence-electron chi connectivity index (χ1n) is 7.95. The van der Waals surface area contributed by atoms with Crippen molar-refractivity contribution in [3.63, 3.8) is 0 Å². The highest BCUT2D eigenvalue weighted by atomic mass is 16.4. The molecular formula is C18H24O4. The van der Waals surface area contributed by atoms with Gasteiger partial charge in [-0.2, -0.15) is 0 Å². The maximum Gasteiger partial charge on any atom is 0.303 e. The second kappa shape index (κ2) is 9.94. The van der Waals surface area contributed by atoms with E-state index in [1.165, 1.54) is 0 Å². The molecule has 2 atom stereocenters. The average Bonchev–Trinajstić information content (AvgIpc) is 2.84. The number of carbonyl (C=O) groups excluding carboxylic acids is 2. The predicted molar refractivity (Wildman–Crippen MR) is 84.2 cm³/mol. The van der Waals surface area contributed by atoms with Gasteiger partial charge in [0, 0.05) is 38.0 Å². The Kier molecular flexibility index (Phi) is 8.21. The molecule has 0 aliphatic heterocycles. The molecule has 1 rings (SSSR count). The minimum absolute atomic E-state index is 0.0858. The molecule has 1 aliphatic carbocycles. The van der Waals surface area contributed by atoms with E-state index < -0.39 is 5.97 Å². The first kappa shape index (κ1) is 18.2. The van der Waals surface area contributed by atoms with Crippen LogP contribution in [-0.2, 0) is 14.4 Å². The molecule has 0 bridgehead atoms. The molecule has 0 aromatic rings. The molecule has 0 amide bonds. The summed E-state index contributed by atoms with van der Waals surface area (Å²) >= 11 is 0. The summed E-state index contributed by atoms with van der Waals surface area (Å²) in [4.78, 5) is 33.6. The molecule has 4 heteroatoms. The van der Waals surface area contributed by atoms with Gasteiger partial charge in [0.15, 0.2) is 5.78 Å². The lowest BCUT2D eigenvalue weighted by molar-refractivity contribution is -0.137. The minimum atomic E-state index is -0.777. The fourth-order valence-corrected chi connectivity index (χ4v) is 2.54. The van der Waals surface area contributed by atoms with Crippen molar-refractivity contribution >= 4 is 17.5 Å². The van der Waals surface area contributed by atoms with Crippen LogP contribution in [0.4, 0.5) is 0 Å². The lowest BCUT2D eigenvalue weighted by Gasteiger charge is -2.11. The smallest absolute Gasteiger partial charge is 0.303 e. The number of Topliss-reactive ketones (excluding diaryl/α,β-unsaturated/α-hetero) is 1. The van der Waals surface area contributed by atoms with Gasteiger partial charge in [-0.25, -0.2) is 0 Å². The number of carboxylic acid groups (broad SMARTS) is 1. The van der Waals surface area contributed by atoms with Crippen molar-refractivity contribution in [1.29, 1.82) is 0 Å². The van der Waals surface area contributed by atoms with Crippen molar-refractivity contribution in [2.24, 2.45) is 11.8 Å². The van der Waals surface area contributed by atoms with Gasteiger partial charge >= 0.3 is 5.97 Å². The summed E-state index contributed by atoms with van der Waals surface area (Å²) in [5.74, 6) is 5.64. The molecule has 0 heterocycles. The van der Waals surface area contributed by atoms with Gasteiger partial charge in [-0.3, -0.25) is 14.4 Å². The van der Waals surface area contributed by atoms with E-state index in [-0.39, 0.29) is 29.8 Å². The maximum atomic E-state index is 11.9. The third-order valence-electron chi connectivity index (χ3n) is 3.92. The molecule has 120 valence electrons. The Hall–Kier alpha value is -1.89. The molecule has 4 nitrogen and oxygen atoms in total. The van der Waals surface area contributed by atoms with Gasteiger partial charge in [0.1, 0.15) is 5.78 Å². The Morgan fingerprint density at radius 3 is 2.77 bits per heavy atom. The normalized spacial score (nSPS) is 20.9. The van der Waals surface area contributed by atoms with E-state index in [1.54, 1.807) is 6.08 Å². The zero-order valence-corrected chi connectivity index (χ0v) is 13.1. The first-order valence-corrected chi connectivity index (χ1v) is 7.95. The Morgan fingerprint density at radius 2 is 2.09 bits per heavy atom. The lowest BCUT2D eigenvalue weighted by Crippen LogP contribution is -2.12. The summed E-state index contributed by atoms with van der Waals surface area (Å²) < 4.78 is 0. The second-order valence-corrected chi connectivity index (χ2v) is 5.61. The van der Waals surface area contributed by atoms with Gasteiger partial charge < -0.3 is 5.11 Å². The van der Waals surface area contributed by atoms with E-state index >= 15 is 0 Å². The summed E-state index contributed by atoms with van der Waals surface area (Å²) in [5, 5.41) is 8.52. The Labute approximate surface area is 132 Å². The van der Waals surface area contributed by atoms with E-state index in [9.17, 15) is 14.4 Å². The molecule has 22 heavy (non-hydrogen) atoms. The maximum absolute atomic E-state index is 11.9. The van der Waals surface area contributed by atoms with Gasteiger partial charge in [-0.1, -0.05) is 13.0 Å². The van der Waals surface area contributed by atoms with E-state index in [0.717, 1.165) is 12.8 Å². The van der Waals surface area contributed by atoms with Crippen LogP contribution in [-0.4, -0.2) is 22.6 Å².